The molecule has 0 saturated heterocycles. The summed E-state index contributed by atoms with van der Waals surface area (Å²) in [6, 6.07) is 18.2. The fourth-order valence-electron chi connectivity index (χ4n) is 1.09. The molecule has 0 heterocycles. The Labute approximate surface area is 109 Å². The predicted molar refractivity (Wildman–Crippen MR) is 64.0 cm³/mol. The summed E-state index contributed by atoms with van der Waals surface area (Å²) in [4.78, 5) is 0. The van der Waals surface area contributed by atoms with Gasteiger partial charge in [-0.15, -0.1) is 5.56 Å². The third-order valence-corrected chi connectivity index (χ3v) is 1.87. The molecule has 0 fully saturated rings. The smallest absolute Gasteiger partial charge is 0.376 e. The zero-order chi connectivity index (χ0) is 10.9. The van der Waals surface area contributed by atoms with Gasteiger partial charge in [0.25, 0.3) is 0 Å². The maximum absolute atomic E-state index is 5.39. The van der Waals surface area contributed by atoms with Crippen LogP contribution in [-0.2, 0) is 28.4 Å². The third-order valence-electron chi connectivity index (χ3n) is 1.87. The Hall–Kier alpha value is -0.821. The molecule has 0 saturated carbocycles. The van der Waals surface area contributed by atoms with Gasteiger partial charge in [-0.05, 0) is 13.8 Å². The Morgan fingerprint density at radius 2 is 1.81 bits per heavy atom. The number of hydrogen-bond acceptors (Lipinski definition) is 1. The molecule has 0 aliphatic rings. The molecule has 1 nitrogen and oxygen atoms in total. The van der Waals surface area contributed by atoms with Gasteiger partial charge in [-0.3, -0.25) is 0 Å². The summed E-state index contributed by atoms with van der Waals surface area (Å²) in [6.45, 7) is 4.83. The minimum atomic E-state index is 0. The zero-order valence-corrected chi connectivity index (χ0v) is 10.8. The fraction of sp³-hybridized carbons (Fsp3) is 0.286. The molecule has 0 N–H and O–H groups in total. The van der Waals surface area contributed by atoms with Crippen molar-refractivity contribution in [3.05, 3.63) is 60.2 Å². The summed E-state index contributed by atoms with van der Waals surface area (Å²) >= 11 is 0. The molecule has 0 amide bonds. The molecule has 0 atom stereocenters. The van der Waals surface area contributed by atoms with Gasteiger partial charge in [-0.2, -0.15) is 30.3 Å². The molecule has 0 radical (unpaired) electrons. The monoisotopic (exact) mass is 258 g/mol. The summed E-state index contributed by atoms with van der Waals surface area (Å²) in [6.07, 6.45) is 0.329. The molecule has 0 aromatic heterocycles. The molecule has 0 spiro atoms. The van der Waals surface area contributed by atoms with Crippen LogP contribution in [0.1, 0.15) is 19.4 Å². The largest absolute Gasteiger partial charge is 2.00 e. The van der Waals surface area contributed by atoms with Gasteiger partial charge in [0, 0.05) is 6.61 Å². The Morgan fingerprint density at radius 3 is 2.19 bits per heavy atom. The van der Waals surface area contributed by atoms with E-state index >= 15 is 0 Å². The minimum Gasteiger partial charge on any atom is -0.376 e. The second-order valence-corrected chi connectivity index (χ2v) is 3.62. The average Bonchev–Trinajstić information content (AvgIpc) is 2.91. The SMILES string of the molecule is CC(C)OCc1ccc[cH-]1.[Fe+2].c1cc[cH-]c1. The van der Waals surface area contributed by atoms with Gasteiger partial charge < -0.3 is 4.74 Å². The number of ether oxygens (including phenoxy) is 1. The van der Waals surface area contributed by atoms with Crippen molar-refractivity contribution in [3.8, 4) is 0 Å². The average molecular weight is 258 g/mol. The first-order chi connectivity index (χ1) is 7.29. The summed E-state index contributed by atoms with van der Waals surface area (Å²) in [5.41, 5.74) is 1.26. The van der Waals surface area contributed by atoms with Crippen molar-refractivity contribution in [2.75, 3.05) is 0 Å². The molecule has 0 aliphatic carbocycles. The molecule has 2 heteroatoms. The first kappa shape index (κ1) is 15.2. The first-order valence-electron chi connectivity index (χ1n) is 5.28. The Bertz CT molecular complexity index is 291. The second-order valence-electron chi connectivity index (χ2n) is 3.62. The van der Waals surface area contributed by atoms with Gasteiger partial charge in [-0.1, -0.05) is 0 Å². The van der Waals surface area contributed by atoms with E-state index in [0.717, 1.165) is 6.61 Å². The van der Waals surface area contributed by atoms with Crippen molar-refractivity contribution < 1.29 is 21.8 Å². The van der Waals surface area contributed by atoms with E-state index in [0.29, 0.717) is 6.10 Å². The van der Waals surface area contributed by atoms with Gasteiger partial charge in [-0.25, -0.2) is 24.3 Å². The van der Waals surface area contributed by atoms with Crippen LogP contribution in [0.4, 0.5) is 0 Å². The van der Waals surface area contributed by atoms with Crippen molar-refractivity contribution >= 4 is 0 Å². The molecular weight excluding hydrogens is 240 g/mol. The van der Waals surface area contributed by atoms with Crippen LogP contribution < -0.4 is 0 Å². The van der Waals surface area contributed by atoms with Gasteiger partial charge >= 0.3 is 17.1 Å². The van der Waals surface area contributed by atoms with E-state index in [9.17, 15) is 0 Å². The fourth-order valence-corrected chi connectivity index (χ4v) is 1.09. The summed E-state index contributed by atoms with van der Waals surface area (Å²) in [7, 11) is 0. The van der Waals surface area contributed by atoms with Gasteiger partial charge in [0.1, 0.15) is 0 Å². The van der Waals surface area contributed by atoms with E-state index in [1.165, 1.54) is 5.56 Å². The Kier molecular flexibility index (Phi) is 8.93. The molecule has 2 rings (SSSR count). The van der Waals surface area contributed by atoms with E-state index in [4.69, 9.17) is 4.74 Å². The van der Waals surface area contributed by atoms with Crippen LogP contribution in [0.25, 0.3) is 0 Å². The van der Waals surface area contributed by atoms with Crippen molar-refractivity contribution in [2.24, 2.45) is 0 Å². The van der Waals surface area contributed by atoms with Crippen LogP contribution in [0.15, 0.2) is 54.6 Å². The van der Waals surface area contributed by atoms with Gasteiger partial charge in [0.05, 0.1) is 6.10 Å². The second kappa shape index (κ2) is 9.41. The molecule has 16 heavy (non-hydrogen) atoms. The van der Waals surface area contributed by atoms with Crippen LogP contribution in [0.3, 0.4) is 0 Å². The predicted octanol–water partition coefficient (Wildman–Crippen LogP) is 3.73. The molecular formula is C14H18FeO. The molecule has 0 unspecified atom stereocenters. The topological polar surface area (TPSA) is 9.23 Å². The minimum absolute atomic E-state index is 0. The Morgan fingerprint density at radius 1 is 1.12 bits per heavy atom. The van der Waals surface area contributed by atoms with Crippen LogP contribution in [0, 0.1) is 0 Å². The molecule has 0 bridgehead atoms. The van der Waals surface area contributed by atoms with Crippen LogP contribution in [0.5, 0.6) is 0 Å². The standard InChI is InChI=1S/C9H13O.C5H5.Fe/c1-8(2)10-7-9-5-3-4-6-9;1-2-4-5-3-1;/h3-6,8H,7H2,1-2H3;1-5H;/q2*-1;+2. The maximum Gasteiger partial charge on any atom is 2.00 e. The van der Waals surface area contributed by atoms with E-state index < -0.39 is 0 Å². The van der Waals surface area contributed by atoms with E-state index in [1.807, 2.05) is 56.3 Å². The molecule has 2 aromatic rings. The summed E-state index contributed by atoms with van der Waals surface area (Å²) < 4.78 is 5.39. The Balaban J connectivity index is 0.000000318. The summed E-state index contributed by atoms with van der Waals surface area (Å²) in [5.74, 6) is 0. The van der Waals surface area contributed by atoms with Crippen molar-refractivity contribution in [1.82, 2.24) is 0 Å². The zero-order valence-electron chi connectivity index (χ0n) is 9.74. The van der Waals surface area contributed by atoms with Gasteiger partial charge in [0.2, 0.25) is 0 Å². The van der Waals surface area contributed by atoms with Crippen molar-refractivity contribution in [2.45, 2.75) is 26.6 Å². The van der Waals surface area contributed by atoms with Crippen LogP contribution in [0.2, 0.25) is 0 Å². The first-order valence-corrected chi connectivity index (χ1v) is 5.28. The molecule has 0 aliphatic heterocycles. The number of hydrogen-bond donors (Lipinski definition) is 0. The molecule has 2 aromatic carbocycles. The third kappa shape index (κ3) is 7.47. The van der Waals surface area contributed by atoms with E-state index in [-0.39, 0.29) is 17.1 Å². The summed E-state index contributed by atoms with van der Waals surface area (Å²) in [5, 5.41) is 0. The quantitative estimate of drug-likeness (QED) is 0.602. The number of rotatable bonds is 3. The van der Waals surface area contributed by atoms with E-state index in [1.54, 1.807) is 0 Å². The van der Waals surface area contributed by atoms with Crippen molar-refractivity contribution in [3.63, 3.8) is 0 Å². The normalized spacial score (nSPS) is 9.19. The van der Waals surface area contributed by atoms with Crippen molar-refractivity contribution in [1.29, 1.82) is 0 Å². The van der Waals surface area contributed by atoms with Crippen LogP contribution >= 0.6 is 0 Å². The van der Waals surface area contributed by atoms with E-state index in [2.05, 4.69) is 12.1 Å². The van der Waals surface area contributed by atoms with Crippen LogP contribution in [-0.4, -0.2) is 6.10 Å². The molecule has 88 valence electrons. The van der Waals surface area contributed by atoms with Gasteiger partial charge in [0.15, 0.2) is 0 Å². The maximum atomic E-state index is 5.39.